The van der Waals surface area contributed by atoms with Crippen LogP contribution in [0.5, 0.6) is 17.2 Å². The van der Waals surface area contributed by atoms with Gasteiger partial charge < -0.3 is 28.1 Å². The van der Waals surface area contributed by atoms with E-state index in [0.29, 0.717) is 67.6 Å². The fourth-order valence-electron chi connectivity index (χ4n) is 8.66. The minimum Gasteiger partial charge on any atom is -0.743 e. The van der Waals surface area contributed by atoms with Crippen LogP contribution in [0.2, 0.25) is 0 Å². The fourth-order valence-corrected chi connectivity index (χ4v) is 13.7. The lowest BCUT2D eigenvalue weighted by Gasteiger charge is -2.30. The summed E-state index contributed by atoms with van der Waals surface area (Å²) >= 11 is 0. The molecule has 0 aromatic heterocycles. The lowest BCUT2D eigenvalue weighted by atomic mass is 9.87. The van der Waals surface area contributed by atoms with Gasteiger partial charge in [0.05, 0.1) is 39.4 Å². The maximum atomic E-state index is 13.9. The Morgan fingerprint density at radius 2 is 0.850 bits per heavy atom. The highest BCUT2D eigenvalue weighted by atomic mass is 32.2. The Morgan fingerprint density at radius 1 is 0.475 bits per heavy atom. The van der Waals surface area contributed by atoms with Gasteiger partial charge in [0.1, 0.15) is 17.2 Å². The summed E-state index contributed by atoms with van der Waals surface area (Å²) in [7, 11) is -12.6. The highest BCUT2D eigenvalue weighted by molar-refractivity contribution is 7.97. The van der Waals surface area contributed by atoms with E-state index < -0.39 is 60.8 Å². The normalized spacial score (nSPS) is 15.7. The van der Waals surface area contributed by atoms with Gasteiger partial charge in [-0.15, -0.1) is 0 Å². The molecule has 2 atom stereocenters. The van der Waals surface area contributed by atoms with Gasteiger partial charge in [-0.25, -0.2) is 21.6 Å². The third-order valence-corrected chi connectivity index (χ3v) is 19.3. The first-order valence-electron chi connectivity index (χ1n) is 25.0. The summed E-state index contributed by atoms with van der Waals surface area (Å²) < 4.78 is 142. The van der Waals surface area contributed by atoms with Crippen LogP contribution < -0.4 is 9.47 Å². The van der Waals surface area contributed by atoms with Crippen LogP contribution in [0.25, 0.3) is 10.8 Å². The maximum Gasteiger partial charge on any atom is 0.370 e. The summed E-state index contributed by atoms with van der Waals surface area (Å²) in [6, 6.07) is 66.1. The molecule has 9 rings (SSSR count). The number of fused-ring (bicyclic) bond motifs is 1. The molecule has 12 nitrogen and oxygen atoms in total. The summed E-state index contributed by atoms with van der Waals surface area (Å²) in [6.07, 6.45) is -3.31. The van der Waals surface area contributed by atoms with Crippen LogP contribution in [0, 0.1) is 5.92 Å². The van der Waals surface area contributed by atoms with Gasteiger partial charge >= 0.3 is 22.4 Å². The molecule has 1 fully saturated rings. The molecule has 2 unspecified atom stereocenters. The van der Waals surface area contributed by atoms with E-state index in [1.54, 1.807) is 24.3 Å². The van der Waals surface area contributed by atoms with E-state index in [1.165, 1.54) is 31.7 Å². The van der Waals surface area contributed by atoms with Gasteiger partial charge in [-0.2, -0.15) is 17.6 Å². The minimum absolute atomic E-state index is 0.0889. The van der Waals surface area contributed by atoms with Gasteiger partial charge in [0.15, 0.2) is 61.8 Å². The van der Waals surface area contributed by atoms with E-state index in [-0.39, 0.29) is 33.5 Å². The minimum atomic E-state index is -6.03. The summed E-state index contributed by atoms with van der Waals surface area (Å²) in [5.74, 6) is -1.16. The highest BCUT2D eigenvalue weighted by Crippen LogP contribution is 2.38. The van der Waals surface area contributed by atoms with E-state index >= 15 is 0 Å². The van der Waals surface area contributed by atoms with Crippen molar-refractivity contribution in [3.05, 3.63) is 212 Å². The largest absolute Gasteiger partial charge is 0.743 e. The summed E-state index contributed by atoms with van der Waals surface area (Å²) in [4.78, 5) is 32.0. The van der Waals surface area contributed by atoms with Crippen LogP contribution in [-0.4, -0.2) is 66.7 Å². The van der Waals surface area contributed by atoms with Crippen molar-refractivity contribution < 1.29 is 72.0 Å². The molecule has 1 aliphatic carbocycles. The molecule has 416 valence electrons. The van der Waals surface area contributed by atoms with E-state index in [1.807, 2.05) is 121 Å². The number of carbonyl (C=O) groups excluding carboxylic acids is 2. The maximum absolute atomic E-state index is 13.9. The second-order valence-corrected chi connectivity index (χ2v) is 25.3. The number of alkyl halides is 4. The van der Waals surface area contributed by atoms with Crippen LogP contribution in [0.1, 0.15) is 49.9 Å². The molecule has 0 bridgehead atoms. The number of halogens is 4. The van der Waals surface area contributed by atoms with E-state index in [4.69, 9.17) is 14.2 Å². The third-order valence-electron chi connectivity index (χ3n) is 12.9. The monoisotopic (exact) mass is 1170 g/mol. The van der Waals surface area contributed by atoms with Gasteiger partial charge in [0.2, 0.25) is 0 Å². The van der Waals surface area contributed by atoms with Crippen molar-refractivity contribution in [2.75, 3.05) is 0 Å². The number of esters is 2. The van der Waals surface area contributed by atoms with E-state index in [2.05, 4.69) is 53.3 Å². The first-order valence-corrected chi connectivity index (χ1v) is 30.2. The van der Waals surface area contributed by atoms with Crippen LogP contribution in [-0.2, 0) is 56.3 Å². The standard InChI is InChI=1S/C32H24F2O6S2.C28H28F2O6S2/c1-22(32(33,34)42(36,37)38)39-31(35)29-16-8-15-28-27(29)14-9-17-30(28)40-23-18-20-26(21-19-23)41(24-10-4-2-5-11-24)25-12-6-3-7-13-25;1-20(28(29,30)38(32,33)34)35-27(31)21-12-14-22(15-13-21)36-23-16-18-26(19-17-23)37(24-8-4-2-5-9-24)25-10-6-3-7-11-25/h2-22H,1H3;2-11,16-22H,12-15H2,1H3. The second-order valence-electron chi connectivity index (χ2n) is 18.3. The lowest BCUT2D eigenvalue weighted by Crippen LogP contribution is -2.43. The van der Waals surface area contributed by atoms with Crippen molar-refractivity contribution in [1.29, 1.82) is 0 Å². The van der Waals surface area contributed by atoms with Crippen molar-refractivity contribution in [3.8, 4) is 17.2 Å². The molecule has 0 N–H and O–H groups in total. The molecule has 1 aliphatic rings. The second kappa shape index (κ2) is 25.5. The molecule has 0 radical (unpaired) electrons. The number of hydrogen-bond acceptors (Lipinski definition) is 12. The Kier molecular flexibility index (Phi) is 18.8. The molecule has 0 amide bonds. The molecule has 8 aromatic rings. The van der Waals surface area contributed by atoms with Crippen molar-refractivity contribution in [3.63, 3.8) is 0 Å². The molecule has 0 heterocycles. The Balaban J connectivity index is 0.000000211. The number of ether oxygens (including phenoxy) is 4. The van der Waals surface area contributed by atoms with Crippen molar-refractivity contribution in [2.45, 2.75) is 97.7 Å². The highest BCUT2D eigenvalue weighted by Gasteiger charge is 2.48. The van der Waals surface area contributed by atoms with Gasteiger partial charge in [-0.3, -0.25) is 4.79 Å². The summed E-state index contributed by atoms with van der Waals surface area (Å²) in [5.41, 5.74) is -0.0889. The zero-order chi connectivity index (χ0) is 57.2. The first-order chi connectivity index (χ1) is 38.1. The predicted molar refractivity (Wildman–Crippen MR) is 293 cm³/mol. The van der Waals surface area contributed by atoms with Crippen LogP contribution in [0.4, 0.5) is 17.6 Å². The van der Waals surface area contributed by atoms with Crippen molar-refractivity contribution in [1.82, 2.24) is 0 Å². The SMILES string of the molecule is CC(OC(=O)C1CCC(Oc2ccc([S+](c3ccccc3)c3ccccc3)cc2)CC1)C(F)(F)S(=O)(=O)[O-].CC(OC(=O)c1cccc2c(Oc3ccc([S+](c4ccccc4)c4ccccc4)cc3)cccc12)C(F)(F)S(=O)(=O)[O-]. The molecule has 0 aliphatic heterocycles. The fraction of sp³-hybridized carbons (Fsp3) is 0.200. The predicted octanol–water partition coefficient (Wildman–Crippen LogP) is 13.2. The van der Waals surface area contributed by atoms with Crippen molar-refractivity contribution in [2.24, 2.45) is 5.92 Å². The summed E-state index contributed by atoms with van der Waals surface area (Å²) in [6.45, 7) is 1.35. The number of benzene rings is 8. The molecular formula is C60H52F4O12S4. The molecule has 80 heavy (non-hydrogen) atoms. The van der Waals surface area contributed by atoms with E-state index in [9.17, 15) is 53.1 Å². The Bertz CT molecular complexity index is 3520. The Hall–Kier alpha value is -7.20. The van der Waals surface area contributed by atoms with Gasteiger partial charge in [0.25, 0.3) is 0 Å². The zero-order valence-corrected chi connectivity index (χ0v) is 46.1. The topological polar surface area (TPSA) is 185 Å². The van der Waals surface area contributed by atoms with Crippen LogP contribution in [0.15, 0.2) is 236 Å². The third kappa shape index (κ3) is 14.0. The van der Waals surface area contributed by atoms with Gasteiger partial charge in [0, 0.05) is 5.39 Å². The van der Waals surface area contributed by atoms with Gasteiger partial charge in [-0.05, 0) is 154 Å². The lowest BCUT2D eigenvalue weighted by molar-refractivity contribution is -0.166. The first kappa shape index (κ1) is 58.9. The smallest absolute Gasteiger partial charge is 0.370 e. The quantitative estimate of drug-likeness (QED) is 0.0343. The molecule has 1 saturated carbocycles. The van der Waals surface area contributed by atoms with Crippen LogP contribution >= 0.6 is 0 Å². The molecule has 20 heteroatoms. The zero-order valence-electron chi connectivity index (χ0n) is 42.8. The number of carbonyl (C=O) groups is 2. The average Bonchev–Trinajstić information content (AvgIpc) is 3.47. The van der Waals surface area contributed by atoms with E-state index in [0.717, 1.165) is 9.79 Å². The van der Waals surface area contributed by atoms with Crippen LogP contribution in [0.3, 0.4) is 0 Å². The Labute approximate surface area is 466 Å². The molecule has 8 aromatic carbocycles. The molecular weight excluding hydrogens is 1120 g/mol. The number of hydrogen-bond donors (Lipinski definition) is 0. The number of rotatable bonds is 18. The van der Waals surface area contributed by atoms with Crippen molar-refractivity contribution >= 4 is 64.7 Å². The molecule has 0 saturated heterocycles. The average molecular weight is 1170 g/mol. The van der Waals surface area contributed by atoms with Gasteiger partial charge in [-0.1, -0.05) is 97.1 Å². The Morgan fingerprint density at radius 3 is 1.27 bits per heavy atom. The summed E-state index contributed by atoms with van der Waals surface area (Å²) in [5, 5.41) is -8.63. The molecule has 0 spiro atoms.